The lowest BCUT2D eigenvalue weighted by atomic mass is 10.0. The van der Waals surface area contributed by atoms with Gasteiger partial charge in [-0.05, 0) is 42.0 Å². The highest BCUT2D eigenvalue weighted by molar-refractivity contribution is 6.30. The maximum Gasteiger partial charge on any atom is 0.119 e. The van der Waals surface area contributed by atoms with Gasteiger partial charge in [-0.2, -0.15) is 0 Å². The lowest BCUT2D eigenvalue weighted by molar-refractivity contribution is 0.290. The largest absolute Gasteiger partial charge is 0.508 e. The Morgan fingerprint density at radius 2 is 1.68 bits per heavy atom. The number of phenols is 1. The summed E-state index contributed by atoms with van der Waals surface area (Å²) >= 11 is 5.81. The van der Waals surface area contributed by atoms with Crippen molar-refractivity contribution in [1.29, 1.82) is 0 Å². The highest BCUT2D eigenvalue weighted by atomic mass is 35.5. The third-order valence-corrected chi connectivity index (χ3v) is 3.17. The molecule has 2 aromatic carbocycles. The van der Waals surface area contributed by atoms with Crippen LogP contribution in [0.5, 0.6) is 11.5 Å². The van der Waals surface area contributed by atoms with Crippen LogP contribution in [-0.2, 0) is 0 Å². The number of rotatable bonds is 5. The van der Waals surface area contributed by atoms with Crippen LogP contribution in [-0.4, -0.2) is 18.3 Å². The second kappa shape index (κ2) is 6.45. The van der Waals surface area contributed by atoms with Gasteiger partial charge in [0.15, 0.2) is 0 Å². The number of phenolic OH excluding ortho intramolecular Hbond substituents is 1. The zero-order valence-corrected chi connectivity index (χ0v) is 11.2. The van der Waals surface area contributed by atoms with Gasteiger partial charge in [0.05, 0.1) is 6.61 Å². The smallest absolute Gasteiger partial charge is 0.119 e. The Morgan fingerprint density at radius 1 is 1.05 bits per heavy atom. The van der Waals surface area contributed by atoms with E-state index in [0.29, 0.717) is 18.2 Å². The second-order valence-electron chi connectivity index (χ2n) is 4.29. The van der Waals surface area contributed by atoms with Crippen LogP contribution in [0.1, 0.15) is 11.5 Å². The van der Waals surface area contributed by atoms with Crippen LogP contribution >= 0.6 is 11.6 Å². The number of hydrogen-bond acceptors (Lipinski definition) is 3. The first kappa shape index (κ1) is 13.7. The molecule has 0 radical (unpaired) electrons. The average Bonchev–Trinajstić information content (AvgIpc) is 2.43. The van der Waals surface area contributed by atoms with Gasteiger partial charge in [0.25, 0.3) is 0 Å². The summed E-state index contributed by atoms with van der Waals surface area (Å²) in [5, 5.41) is 9.95. The van der Waals surface area contributed by atoms with E-state index in [0.717, 1.165) is 11.3 Å². The maximum atomic E-state index is 9.27. The van der Waals surface area contributed by atoms with E-state index in [9.17, 15) is 5.11 Å². The normalized spacial score (nSPS) is 12.1. The van der Waals surface area contributed by atoms with E-state index in [1.807, 2.05) is 24.3 Å². The minimum Gasteiger partial charge on any atom is -0.508 e. The molecule has 1 atom stereocenters. The summed E-state index contributed by atoms with van der Waals surface area (Å²) < 4.78 is 5.70. The molecule has 0 aliphatic rings. The minimum absolute atomic E-state index is 0.0938. The van der Waals surface area contributed by atoms with Crippen molar-refractivity contribution < 1.29 is 9.84 Å². The summed E-state index contributed by atoms with van der Waals surface area (Å²) in [6, 6.07) is 14.2. The number of ether oxygens (including phenoxy) is 1. The van der Waals surface area contributed by atoms with Crippen LogP contribution < -0.4 is 10.5 Å². The van der Waals surface area contributed by atoms with E-state index in [4.69, 9.17) is 22.1 Å². The Morgan fingerprint density at radius 3 is 2.26 bits per heavy atom. The van der Waals surface area contributed by atoms with E-state index in [-0.39, 0.29) is 11.7 Å². The van der Waals surface area contributed by atoms with Crippen molar-refractivity contribution in [2.24, 2.45) is 5.73 Å². The number of aromatic hydroxyl groups is 1. The molecule has 0 aliphatic heterocycles. The molecule has 1 unspecified atom stereocenters. The summed E-state index contributed by atoms with van der Waals surface area (Å²) in [6.45, 7) is 0.973. The van der Waals surface area contributed by atoms with E-state index in [1.54, 1.807) is 24.3 Å². The van der Waals surface area contributed by atoms with Crippen LogP contribution in [0.15, 0.2) is 48.5 Å². The van der Waals surface area contributed by atoms with Crippen molar-refractivity contribution in [2.45, 2.75) is 5.92 Å². The van der Waals surface area contributed by atoms with Crippen molar-refractivity contribution in [1.82, 2.24) is 0 Å². The van der Waals surface area contributed by atoms with Crippen molar-refractivity contribution in [3.63, 3.8) is 0 Å². The predicted octanol–water partition coefficient (Wildman–Crippen LogP) is 3.17. The topological polar surface area (TPSA) is 55.5 Å². The van der Waals surface area contributed by atoms with E-state index < -0.39 is 0 Å². The first-order chi connectivity index (χ1) is 9.19. The molecular weight excluding hydrogens is 262 g/mol. The zero-order chi connectivity index (χ0) is 13.7. The molecule has 0 saturated carbocycles. The van der Waals surface area contributed by atoms with Gasteiger partial charge in [-0.3, -0.25) is 0 Å². The molecule has 0 aromatic heterocycles. The van der Waals surface area contributed by atoms with Gasteiger partial charge in [-0.1, -0.05) is 23.7 Å². The highest BCUT2D eigenvalue weighted by Crippen LogP contribution is 2.21. The molecule has 0 heterocycles. The Kier molecular flexibility index (Phi) is 4.66. The summed E-state index contributed by atoms with van der Waals surface area (Å²) in [5.41, 5.74) is 6.82. The fourth-order valence-electron chi connectivity index (χ4n) is 1.77. The molecule has 0 amide bonds. The molecule has 2 rings (SSSR count). The fourth-order valence-corrected chi connectivity index (χ4v) is 1.90. The standard InChI is InChI=1S/C15H16ClNO2/c16-13-3-7-15(8-4-13)19-10-12(9-17)11-1-5-14(18)6-2-11/h1-8,12,18H,9-10,17H2. The fraction of sp³-hybridized carbons (Fsp3) is 0.200. The molecule has 2 aromatic rings. The molecule has 0 saturated heterocycles. The monoisotopic (exact) mass is 277 g/mol. The lowest BCUT2D eigenvalue weighted by Gasteiger charge is -2.16. The Hall–Kier alpha value is -1.71. The third-order valence-electron chi connectivity index (χ3n) is 2.91. The van der Waals surface area contributed by atoms with Crippen LogP contribution in [0.25, 0.3) is 0 Å². The van der Waals surface area contributed by atoms with Crippen molar-refractivity contribution in [3.05, 3.63) is 59.1 Å². The molecule has 0 aliphatic carbocycles. The van der Waals surface area contributed by atoms with Crippen LogP contribution in [0.4, 0.5) is 0 Å². The average molecular weight is 278 g/mol. The van der Waals surface area contributed by atoms with Gasteiger partial charge in [0.1, 0.15) is 11.5 Å². The third kappa shape index (κ3) is 3.88. The minimum atomic E-state index is 0.0938. The summed E-state index contributed by atoms with van der Waals surface area (Å²) in [5.74, 6) is 1.11. The van der Waals surface area contributed by atoms with Crippen LogP contribution in [0, 0.1) is 0 Å². The SMILES string of the molecule is NCC(COc1ccc(Cl)cc1)c1ccc(O)cc1. The Bertz CT molecular complexity index is 511. The second-order valence-corrected chi connectivity index (χ2v) is 4.73. The van der Waals surface area contributed by atoms with Crippen LogP contribution in [0.2, 0.25) is 5.02 Å². The Labute approximate surface area is 117 Å². The maximum absolute atomic E-state index is 9.27. The van der Waals surface area contributed by atoms with Gasteiger partial charge >= 0.3 is 0 Å². The summed E-state index contributed by atoms with van der Waals surface area (Å²) in [6.07, 6.45) is 0. The number of hydrogen-bond donors (Lipinski definition) is 2. The Balaban J connectivity index is 1.99. The van der Waals surface area contributed by atoms with Gasteiger partial charge in [0, 0.05) is 17.5 Å². The van der Waals surface area contributed by atoms with E-state index in [2.05, 4.69) is 0 Å². The molecular formula is C15H16ClNO2. The molecule has 4 heteroatoms. The first-order valence-electron chi connectivity index (χ1n) is 6.06. The zero-order valence-electron chi connectivity index (χ0n) is 10.4. The number of nitrogens with two attached hydrogens (primary N) is 1. The van der Waals surface area contributed by atoms with Gasteiger partial charge in [-0.15, -0.1) is 0 Å². The predicted molar refractivity (Wildman–Crippen MR) is 76.8 cm³/mol. The van der Waals surface area contributed by atoms with Gasteiger partial charge in [0.2, 0.25) is 0 Å². The summed E-state index contributed by atoms with van der Waals surface area (Å²) in [7, 11) is 0. The number of halogens is 1. The molecule has 100 valence electrons. The van der Waals surface area contributed by atoms with Gasteiger partial charge < -0.3 is 15.6 Å². The van der Waals surface area contributed by atoms with Gasteiger partial charge in [-0.25, -0.2) is 0 Å². The van der Waals surface area contributed by atoms with Crippen molar-refractivity contribution in [3.8, 4) is 11.5 Å². The van der Waals surface area contributed by atoms with E-state index >= 15 is 0 Å². The molecule has 0 spiro atoms. The molecule has 0 bridgehead atoms. The number of benzene rings is 2. The summed E-state index contributed by atoms with van der Waals surface area (Å²) in [4.78, 5) is 0. The van der Waals surface area contributed by atoms with Crippen LogP contribution in [0.3, 0.4) is 0 Å². The molecule has 0 fully saturated rings. The highest BCUT2D eigenvalue weighted by Gasteiger charge is 2.10. The van der Waals surface area contributed by atoms with Crippen molar-refractivity contribution in [2.75, 3.05) is 13.2 Å². The quantitative estimate of drug-likeness (QED) is 0.883. The van der Waals surface area contributed by atoms with Crippen molar-refractivity contribution >= 4 is 11.6 Å². The van der Waals surface area contributed by atoms with E-state index in [1.165, 1.54) is 0 Å². The molecule has 3 nitrogen and oxygen atoms in total. The first-order valence-corrected chi connectivity index (χ1v) is 6.44. The lowest BCUT2D eigenvalue weighted by Crippen LogP contribution is -2.19. The molecule has 3 N–H and O–H groups in total. The molecule has 19 heavy (non-hydrogen) atoms.